The number of aliphatic hydroxyl groups excluding tert-OH is 1. The van der Waals surface area contributed by atoms with Crippen molar-refractivity contribution in [3.63, 3.8) is 0 Å². The van der Waals surface area contributed by atoms with Crippen LogP contribution in [0.15, 0.2) is 36.7 Å². The van der Waals surface area contributed by atoms with Crippen molar-refractivity contribution >= 4 is 0 Å². The summed E-state index contributed by atoms with van der Waals surface area (Å²) >= 11 is 0. The fourth-order valence-corrected chi connectivity index (χ4v) is 1.33. The normalized spacial score (nSPS) is 10.2. The van der Waals surface area contributed by atoms with Crippen molar-refractivity contribution in [2.45, 2.75) is 0 Å². The lowest BCUT2D eigenvalue weighted by atomic mass is 10.2. The summed E-state index contributed by atoms with van der Waals surface area (Å²) in [5.41, 5.74) is 0.610. The van der Waals surface area contributed by atoms with Gasteiger partial charge in [-0.2, -0.15) is 0 Å². The molecule has 0 bridgehead atoms. The maximum absolute atomic E-state index is 13.0. The maximum Gasteiger partial charge on any atom is 0.159 e. The Morgan fingerprint density at radius 2 is 2.00 bits per heavy atom. The number of aliphatic hydroxyl groups is 1. The van der Waals surface area contributed by atoms with Crippen molar-refractivity contribution in [3.8, 4) is 17.1 Å². The highest BCUT2D eigenvalue weighted by atomic mass is 19.1. The third-order valence-electron chi connectivity index (χ3n) is 2.07. The molecule has 0 saturated heterocycles. The molecule has 1 N–H and O–H groups in total. The van der Waals surface area contributed by atoms with Crippen molar-refractivity contribution in [1.29, 1.82) is 0 Å². The van der Waals surface area contributed by atoms with Gasteiger partial charge in [-0.1, -0.05) is 12.1 Å². The lowest BCUT2D eigenvalue weighted by Gasteiger charge is -2.04. The molecule has 0 aliphatic rings. The molecule has 17 heavy (non-hydrogen) atoms. The van der Waals surface area contributed by atoms with Gasteiger partial charge in [0.2, 0.25) is 0 Å². The first-order valence-corrected chi connectivity index (χ1v) is 5.11. The number of benzene rings is 1. The lowest BCUT2D eigenvalue weighted by Crippen LogP contribution is -2.02. The Bertz CT molecular complexity index is 488. The van der Waals surface area contributed by atoms with Crippen molar-refractivity contribution in [2.24, 2.45) is 0 Å². The van der Waals surface area contributed by atoms with Crippen molar-refractivity contribution in [2.75, 3.05) is 13.2 Å². The third kappa shape index (κ3) is 2.98. The molecular formula is C12H11FN2O2. The van der Waals surface area contributed by atoms with Gasteiger partial charge in [-0.05, 0) is 12.1 Å². The number of aromatic nitrogens is 2. The van der Waals surface area contributed by atoms with E-state index in [9.17, 15) is 4.39 Å². The summed E-state index contributed by atoms with van der Waals surface area (Å²) in [5, 5.41) is 8.58. The Kier molecular flexibility index (Phi) is 3.62. The van der Waals surface area contributed by atoms with Crippen molar-refractivity contribution in [3.05, 3.63) is 42.5 Å². The minimum Gasteiger partial charge on any atom is -0.488 e. The standard InChI is InChI=1S/C12H11FN2O2/c13-10-3-1-2-9(6-10)12-14-7-11(8-15-12)17-5-4-16/h1-3,6-8,16H,4-5H2. The van der Waals surface area contributed by atoms with Crippen LogP contribution in [0.4, 0.5) is 4.39 Å². The average Bonchev–Trinajstić information content (AvgIpc) is 2.37. The molecule has 2 aromatic rings. The van der Waals surface area contributed by atoms with E-state index in [0.717, 1.165) is 0 Å². The molecule has 1 aromatic carbocycles. The van der Waals surface area contributed by atoms with E-state index >= 15 is 0 Å². The van der Waals surface area contributed by atoms with E-state index in [-0.39, 0.29) is 19.0 Å². The van der Waals surface area contributed by atoms with Gasteiger partial charge in [0.1, 0.15) is 12.4 Å². The molecule has 0 unspecified atom stereocenters. The minimum absolute atomic E-state index is 0.0638. The molecule has 1 heterocycles. The number of hydrogen-bond donors (Lipinski definition) is 1. The van der Waals surface area contributed by atoms with Crippen molar-refractivity contribution < 1.29 is 14.2 Å². The first-order valence-electron chi connectivity index (χ1n) is 5.11. The number of halogens is 1. The molecule has 0 fully saturated rings. The van der Waals surface area contributed by atoms with Gasteiger partial charge < -0.3 is 9.84 Å². The predicted octanol–water partition coefficient (Wildman–Crippen LogP) is 1.65. The number of rotatable bonds is 4. The van der Waals surface area contributed by atoms with Gasteiger partial charge in [0.15, 0.2) is 11.6 Å². The predicted molar refractivity (Wildman–Crippen MR) is 60.0 cm³/mol. The van der Waals surface area contributed by atoms with Gasteiger partial charge in [0, 0.05) is 5.56 Å². The molecule has 0 amide bonds. The Labute approximate surface area is 97.7 Å². The fraction of sp³-hybridized carbons (Fsp3) is 0.167. The van der Waals surface area contributed by atoms with E-state index in [0.29, 0.717) is 17.1 Å². The quantitative estimate of drug-likeness (QED) is 0.874. The molecule has 4 nitrogen and oxygen atoms in total. The topological polar surface area (TPSA) is 55.2 Å². The fourth-order valence-electron chi connectivity index (χ4n) is 1.33. The molecular weight excluding hydrogens is 223 g/mol. The zero-order valence-corrected chi connectivity index (χ0v) is 9.01. The zero-order chi connectivity index (χ0) is 12.1. The molecule has 0 spiro atoms. The second-order valence-electron chi connectivity index (χ2n) is 3.32. The van der Waals surface area contributed by atoms with Crippen LogP contribution in [-0.2, 0) is 0 Å². The maximum atomic E-state index is 13.0. The van der Waals surface area contributed by atoms with Gasteiger partial charge in [0.05, 0.1) is 19.0 Å². The van der Waals surface area contributed by atoms with Crippen LogP contribution in [-0.4, -0.2) is 28.3 Å². The first kappa shape index (κ1) is 11.5. The molecule has 5 heteroatoms. The van der Waals surface area contributed by atoms with Crippen LogP contribution in [0, 0.1) is 5.82 Å². The van der Waals surface area contributed by atoms with E-state index in [2.05, 4.69) is 9.97 Å². The molecule has 0 radical (unpaired) electrons. The van der Waals surface area contributed by atoms with Crippen LogP contribution >= 0.6 is 0 Å². The Hall–Kier alpha value is -2.01. The second-order valence-corrected chi connectivity index (χ2v) is 3.32. The Morgan fingerprint density at radius 1 is 1.24 bits per heavy atom. The summed E-state index contributed by atoms with van der Waals surface area (Å²) in [6, 6.07) is 6.06. The van der Waals surface area contributed by atoms with Gasteiger partial charge in [-0.25, -0.2) is 14.4 Å². The highest BCUT2D eigenvalue weighted by molar-refractivity contribution is 5.54. The Morgan fingerprint density at radius 3 is 2.65 bits per heavy atom. The summed E-state index contributed by atoms with van der Waals surface area (Å²) in [4.78, 5) is 8.12. The van der Waals surface area contributed by atoms with Crippen molar-refractivity contribution in [1.82, 2.24) is 9.97 Å². The second kappa shape index (κ2) is 5.36. The average molecular weight is 234 g/mol. The summed E-state index contributed by atoms with van der Waals surface area (Å²) in [7, 11) is 0. The monoisotopic (exact) mass is 234 g/mol. The molecule has 1 aromatic heterocycles. The summed E-state index contributed by atoms with van der Waals surface area (Å²) in [6.07, 6.45) is 2.98. The number of nitrogens with zero attached hydrogens (tertiary/aromatic N) is 2. The molecule has 0 aliphatic heterocycles. The third-order valence-corrected chi connectivity index (χ3v) is 2.07. The highest BCUT2D eigenvalue weighted by Gasteiger charge is 2.02. The molecule has 0 saturated carbocycles. The highest BCUT2D eigenvalue weighted by Crippen LogP contribution is 2.17. The largest absolute Gasteiger partial charge is 0.488 e. The van der Waals surface area contributed by atoms with Crippen LogP contribution in [0.5, 0.6) is 5.75 Å². The summed E-state index contributed by atoms with van der Waals surface area (Å²) < 4.78 is 18.1. The zero-order valence-electron chi connectivity index (χ0n) is 9.01. The lowest BCUT2D eigenvalue weighted by molar-refractivity contribution is 0.200. The van der Waals surface area contributed by atoms with Crippen LogP contribution in [0.2, 0.25) is 0 Å². The van der Waals surface area contributed by atoms with E-state index < -0.39 is 0 Å². The number of hydrogen-bond acceptors (Lipinski definition) is 4. The van der Waals surface area contributed by atoms with Gasteiger partial charge in [-0.3, -0.25) is 0 Å². The van der Waals surface area contributed by atoms with Crippen LogP contribution < -0.4 is 4.74 Å². The van der Waals surface area contributed by atoms with Gasteiger partial charge in [0.25, 0.3) is 0 Å². The van der Waals surface area contributed by atoms with Crippen LogP contribution in [0.3, 0.4) is 0 Å². The van der Waals surface area contributed by atoms with Gasteiger partial charge >= 0.3 is 0 Å². The van der Waals surface area contributed by atoms with Crippen LogP contribution in [0.1, 0.15) is 0 Å². The molecule has 0 atom stereocenters. The van der Waals surface area contributed by atoms with E-state index in [1.807, 2.05) is 0 Å². The Balaban J connectivity index is 2.17. The van der Waals surface area contributed by atoms with E-state index in [1.165, 1.54) is 24.5 Å². The molecule has 2 rings (SSSR count). The molecule has 88 valence electrons. The smallest absolute Gasteiger partial charge is 0.159 e. The molecule has 0 aliphatic carbocycles. The summed E-state index contributed by atoms with van der Waals surface area (Å²) in [5.74, 6) is 0.576. The first-order chi connectivity index (χ1) is 8.29. The summed E-state index contributed by atoms with van der Waals surface area (Å²) in [6.45, 7) is 0.133. The SMILES string of the molecule is OCCOc1cnc(-c2cccc(F)c2)nc1. The number of ether oxygens (including phenoxy) is 1. The van der Waals surface area contributed by atoms with E-state index in [1.54, 1.807) is 12.1 Å². The van der Waals surface area contributed by atoms with Gasteiger partial charge in [-0.15, -0.1) is 0 Å². The minimum atomic E-state index is -0.327. The van der Waals surface area contributed by atoms with E-state index in [4.69, 9.17) is 9.84 Å². The van der Waals surface area contributed by atoms with Crippen LogP contribution in [0.25, 0.3) is 11.4 Å².